The Labute approximate surface area is 184 Å². The molecular formula is C26H30ClNO2. The lowest BCUT2D eigenvalue weighted by Gasteiger charge is -2.11. The number of nitrogens with zero attached hydrogens (tertiary/aromatic N) is 1. The molecule has 0 saturated carbocycles. The minimum atomic E-state index is -0.315. The van der Waals surface area contributed by atoms with E-state index < -0.39 is 0 Å². The van der Waals surface area contributed by atoms with Crippen LogP contribution in [0.2, 0.25) is 5.02 Å². The molecule has 0 aliphatic carbocycles. The van der Waals surface area contributed by atoms with Crippen molar-refractivity contribution in [2.24, 2.45) is 0 Å². The Balaban J connectivity index is 1.66. The van der Waals surface area contributed by atoms with E-state index in [1.54, 1.807) is 6.07 Å². The van der Waals surface area contributed by atoms with Gasteiger partial charge in [-0.2, -0.15) is 0 Å². The molecule has 3 nitrogen and oxygen atoms in total. The van der Waals surface area contributed by atoms with E-state index in [1.807, 2.05) is 48.5 Å². The number of unbranched alkanes of at least 4 members (excludes halogenated alkanes) is 7. The van der Waals surface area contributed by atoms with Crippen LogP contribution in [0.1, 0.15) is 68.6 Å². The number of pyridine rings is 1. The van der Waals surface area contributed by atoms with E-state index in [2.05, 4.69) is 6.92 Å². The van der Waals surface area contributed by atoms with E-state index in [9.17, 15) is 4.79 Å². The normalized spacial score (nSPS) is 11.0. The third-order valence-electron chi connectivity index (χ3n) is 5.31. The van der Waals surface area contributed by atoms with Gasteiger partial charge in [0.1, 0.15) is 0 Å². The third-order valence-corrected chi connectivity index (χ3v) is 5.62. The second-order valence-corrected chi connectivity index (χ2v) is 8.08. The molecule has 4 heteroatoms. The summed E-state index contributed by atoms with van der Waals surface area (Å²) in [5, 5.41) is 1.26. The van der Waals surface area contributed by atoms with Gasteiger partial charge in [0.15, 0.2) is 0 Å². The Kier molecular flexibility index (Phi) is 8.70. The number of fused-ring (bicyclic) bond motifs is 1. The first kappa shape index (κ1) is 22.3. The van der Waals surface area contributed by atoms with E-state index in [4.69, 9.17) is 21.3 Å². The summed E-state index contributed by atoms with van der Waals surface area (Å²) >= 11 is 6.39. The fraction of sp³-hybridized carbons (Fsp3) is 0.385. The number of rotatable bonds is 11. The molecule has 0 spiro atoms. The first-order chi connectivity index (χ1) is 14.7. The van der Waals surface area contributed by atoms with Gasteiger partial charge in [-0.1, -0.05) is 106 Å². The number of hydrogen-bond acceptors (Lipinski definition) is 3. The van der Waals surface area contributed by atoms with Gasteiger partial charge >= 0.3 is 5.97 Å². The highest BCUT2D eigenvalue weighted by Crippen LogP contribution is 2.29. The number of hydrogen-bond donors (Lipinski definition) is 0. The summed E-state index contributed by atoms with van der Waals surface area (Å²) in [6.07, 6.45) is 9.69. The van der Waals surface area contributed by atoms with Crippen molar-refractivity contribution in [1.82, 2.24) is 4.98 Å². The molecule has 1 aromatic heterocycles. The van der Waals surface area contributed by atoms with E-state index in [0.29, 0.717) is 22.7 Å². The van der Waals surface area contributed by atoms with Crippen molar-refractivity contribution in [1.29, 1.82) is 0 Å². The smallest absolute Gasteiger partial charge is 0.338 e. The van der Waals surface area contributed by atoms with Gasteiger partial charge in [0.05, 0.1) is 28.4 Å². The van der Waals surface area contributed by atoms with Crippen LogP contribution >= 0.6 is 11.6 Å². The van der Waals surface area contributed by atoms with Crippen LogP contribution in [-0.4, -0.2) is 17.6 Å². The van der Waals surface area contributed by atoms with Crippen molar-refractivity contribution in [2.45, 2.75) is 58.3 Å². The van der Waals surface area contributed by atoms with Gasteiger partial charge < -0.3 is 4.74 Å². The molecule has 0 bridgehead atoms. The zero-order valence-corrected chi connectivity index (χ0v) is 18.5. The maximum Gasteiger partial charge on any atom is 0.338 e. The topological polar surface area (TPSA) is 39.2 Å². The fourth-order valence-corrected chi connectivity index (χ4v) is 3.83. The van der Waals surface area contributed by atoms with Gasteiger partial charge in [-0.3, -0.25) is 0 Å². The molecule has 0 aliphatic rings. The molecule has 3 aromatic rings. The van der Waals surface area contributed by atoms with Crippen LogP contribution in [-0.2, 0) is 4.74 Å². The van der Waals surface area contributed by atoms with Gasteiger partial charge in [0, 0.05) is 10.9 Å². The number of benzene rings is 2. The van der Waals surface area contributed by atoms with Crippen molar-refractivity contribution in [2.75, 3.05) is 6.61 Å². The Hall–Kier alpha value is -2.39. The van der Waals surface area contributed by atoms with Crippen molar-refractivity contribution in [3.05, 3.63) is 65.2 Å². The summed E-state index contributed by atoms with van der Waals surface area (Å²) in [6, 6.07) is 17.1. The number of aromatic nitrogens is 1. The summed E-state index contributed by atoms with van der Waals surface area (Å²) in [4.78, 5) is 17.6. The summed E-state index contributed by atoms with van der Waals surface area (Å²) in [5.41, 5.74) is 2.80. The molecule has 0 unspecified atom stereocenters. The molecule has 0 radical (unpaired) electrons. The molecule has 0 fully saturated rings. The quantitative estimate of drug-likeness (QED) is 0.233. The van der Waals surface area contributed by atoms with Gasteiger partial charge in [-0.05, 0) is 18.6 Å². The number of halogens is 1. The predicted octanol–water partition coefficient (Wildman–Crippen LogP) is 7.85. The molecular weight excluding hydrogens is 394 g/mol. The zero-order chi connectivity index (χ0) is 21.2. The van der Waals surface area contributed by atoms with Crippen LogP contribution in [0.25, 0.3) is 22.2 Å². The molecule has 30 heavy (non-hydrogen) atoms. The number of carbonyl (C=O) groups is 1. The summed E-state index contributed by atoms with van der Waals surface area (Å²) in [6.45, 7) is 2.68. The molecule has 2 aromatic carbocycles. The molecule has 0 N–H and O–H groups in total. The maximum absolute atomic E-state index is 12.9. The second-order valence-electron chi connectivity index (χ2n) is 7.67. The predicted molar refractivity (Wildman–Crippen MR) is 125 cm³/mol. The fourth-order valence-electron chi connectivity index (χ4n) is 3.62. The largest absolute Gasteiger partial charge is 0.462 e. The van der Waals surface area contributed by atoms with Crippen LogP contribution in [0, 0.1) is 0 Å². The standard InChI is InChI=1S/C26H30ClNO2/c1-2-3-4-5-6-7-8-12-18-30-26(29)22-19-24(20-14-10-9-11-15-20)28-25-21(22)16-13-17-23(25)27/h9-11,13-17,19H,2-8,12,18H2,1H3. The third kappa shape index (κ3) is 6.06. The molecule has 3 rings (SSSR count). The maximum atomic E-state index is 12.9. The highest BCUT2D eigenvalue weighted by atomic mass is 35.5. The summed E-state index contributed by atoms with van der Waals surface area (Å²) < 4.78 is 5.60. The molecule has 0 atom stereocenters. The highest BCUT2D eigenvalue weighted by molar-refractivity contribution is 6.35. The van der Waals surface area contributed by atoms with Gasteiger partial charge in [-0.15, -0.1) is 0 Å². The van der Waals surface area contributed by atoms with Crippen molar-refractivity contribution < 1.29 is 9.53 Å². The van der Waals surface area contributed by atoms with Gasteiger partial charge in [0.2, 0.25) is 0 Å². The number of carbonyl (C=O) groups excluding carboxylic acids is 1. The second kappa shape index (κ2) is 11.7. The van der Waals surface area contributed by atoms with Crippen LogP contribution in [0.15, 0.2) is 54.6 Å². The lowest BCUT2D eigenvalue weighted by Crippen LogP contribution is -2.08. The van der Waals surface area contributed by atoms with Gasteiger partial charge in [-0.25, -0.2) is 9.78 Å². The Morgan fingerprint density at radius 1 is 0.900 bits per heavy atom. The molecule has 0 aliphatic heterocycles. The summed E-state index contributed by atoms with van der Waals surface area (Å²) in [7, 11) is 0. The van der Waals surface area contributed by atoms with Gasteiger partial charge in [0.25, 0.3) is 0 Å². The highest BCUT2D eigenvalue weighted by Gasteiger charge is 2.16. The number of esters is 1. The molecule has 0 amide bonds. The zero-order valence-electron chi connectivity index (χ0n) is 17.7. The minimum Gasteiger partial charge on any atom is -0.462 e. The SMILES string of the molecule is CCCCCCCCCCOC(=O)c1cc(-c2ccccc2)nc2c(Cl)cccc12. The van der Waals surface area contributed by atoms with Crippen LogP contribution in [0.4, 0.5) is 0 Å². The molecule has 158 valence electrons. The monoisotopic (exact) mass is 423 g/mol. The number of ether oxygens (including phenoxy) is 1. The molecule has 1 heterocycles. The minimum absolute atomic E-state index is 0.315. The Morgan fingerprint density at radius 2 is 1.60 bits per heavy atom. The summed E-state index contributed by atoms with van der Waals surface area (Å²) in [5.74, 6) is -0.315. The van der Waals surface area contributed by atoms with E-state index in [1.165, 1.54) is 38.5 Å². The van der Waals surface area contributed by atoms with E-state index >= 15 is 0 Å². The Bertz CT molecular complexity index is 956. The van der Waals surface area contributed by atoms with Crippen LogP contribution in [0.3, 0.4) is 0 Å². The van der Waals surface area contributed by atoms with Crippen molar-refractivity contribution in [3.63, 3.8) is 0 Å². The Morgan fingerprint density at radius 3 is 2.33 bits per heavy atom. The first-order valence-corrected chi connectivity index (χ1v) is 11.4. The first-order valence-electron chi connectivity index (χ1n) is 11.0. The average molecular weight is 424 g/mol. The molecule has 0 saturated heterocycles. The van der Waals surface area contributed by atoms with Crippen LogP contribution < -0.4 is 0 Å². The van der Waals surface area contributed by atoms with E-state index in [0.717, 1.165) is 29.5 Å². The number of para-hydroxylation sites is 1. The lowest BCUT2D eigenvalue weighted by molar-refractivity contribution is 0.0500. The van der Waals surface area contributed by atoms with Crippen molar-refractivity contribution >= 4 is 28.5 Å². The lowest BCUT2D eigenvalue weighted by atomic mass is 10.0. The van der Waals surface area contributed by atoms with Crippen LogP contribution in [0.5, 0.6) is 0 Å². The van der Waals surface area contributed by atoms with Crippen molar-refractivity contribution in [3.8, 4) is 11.3 Å². The average Bonchev–Trinajstić information content (AvgIpc) is 2.78. The van der Waals surface area contributed by atoms with E-state index in [-0.39, 0.29) is 5.97 Å².